The fourth-order valence-electron chi connectivity index (χ4n) is 2.82. The second kappa shape index (κ2) is 4.12. The van der Waals surface area contributed by atoms with Crippen LogP contribution in [0.3, 0.4) is 0 Å². The minimum absolute atomic E-state index is 0.0595. The van der Waals surface area contributed by atoms with Gasteiger partial charge in [0.15, 0.2) is 0 Å². The van der Waals surface area contributed by atoms with Crippen LogP contribution in [0.2, 0.25) is 0 Å². The third kappa shape index (κ3) is 1.60. The summed E-state index contributed by atoms with van der Waals surface area (Å²) in [6.07, 6.45) is 0. The topological polar surface area (TPSA) is 46.6 Å². The van der Waals surface area contributed by atoms with Gasteiger partial charge in [0.1, 0.15) is 0 Å². The minimum atomic E-state index is -0.214. The third-order valence-corrected chi connectivity index (χ3v) is 3.74. The Labute approximate surface area is 106 Å². The molecule has 0 unspecified atom stereocenters. The number of fused-ring (bicyclic) bond motifs is 1. The number of carbonyl (C=O) groups is 2. The van der Waals surface area contributed by atoms with Gasteiger partial charge in [-0.2, -0.15) is 0 Å². The van der Waals surface area contributed by atoms with Crippen molar-refractivity contribution in [1.29, 1.82) is 0 Å². The number of para-hydroxylation sites is 1. The van der Waals surface area contributed by atoms with Gasteiger partial charge in [0.2, 0.25) is 5.91 Å². The third-order valence-electron chi connectivity index (χ3n) is 3.74. The highest BCUT2D eigenvalue weighted by Crippen LogP contribution is 2.53. The van der Waals surface area contributed by atoms with Crippen molar-refractivity contribution in [1.82, 2.24) is 0 Å². The molecule has 0 spiro atoms. The number of anilines is 1. The lowest BCUT2D eigenvalue weighted by Crippen LogP contribution is -2.31. The van der Waals surface area contributed by atoms with Crippen LogP contribution in [-0.2, 0) is 14.3 Å². The van der Waals surface area contributed by atoms with E-state index >= 15 is 0 Å². The Balaban J connectivity index is 1.70. The minimum Gasteiger partial charge on any atom is -0.466 e. The van der Waals surface area contributed by atoms with Crippen LogP contribution in [0, 0.1) is 17.8 Å². The van der Waals surface area contributed by atoms with Crippen LogP contribution in [0.4, 0.5) is 5.69 Å². The fraction of sp³-hybridized carbons (Fsp3) is 0.429. The maximum Gasteiger partial charge on any atom is 0.310 e. The molecule has 0 radical (unpaired) electrons. The number of hydrogen-bond donors (Lipinski definition) is 0. The Morgan fingerprint density at radius 1 is 1.39 bits per heavy atom. The molecule has 4 nitrogen and oxygen atoms in total. The molecule has 2 aliphatic rings. The number of benzene rings is 1. The van der Waals surface area contributed by atoms with Gasteiger partial charge in [-0.25, -0.2) is 0 Å². The van der Waals surface area contributed by atoms with Gasteiger partial charge in [0, 0.05) is 18.2 Å². The van der Waals surface area contributed by atoms with Crippen LogP contribution in [0.5, 0.6) is 0 Å². The van der Waals surface area contributed by atoms with E-state index in [1.807, 2.05) is 30.3 Å². The maximum absolute atomic E-state index is 12.2. The van der Waals surface area contributed by atoms with E-state index in [0.29, 0.717) is 13.2 Å². The molecule has 1 aromatic rings. The molecule has 18 heavy (non-hydrogen) atoms. The Bertz CT molecular complexity index is 485. The lowest BCUT2D eigenvalue weighted by molar-refractivity contribution is -0.146. The van der Waals surface area contributed by atoms with Crippen molar-refractivity contribution in [2.75, 3.05) is 18.1 Å². The molecule has 1 amide bonds. The zero-order valence-corrected chi connectivity index (χ0v) is 10.2. The first-order valence-corrected chi connectivity index (χ1v) is 6.27. The second-order valence-corrected chi connectivity index (χ2v) is 4.75. The number of nitrogens with zero attached hydrogens (tertiary/aromatic N) is 1. The molecule has 3 atom stereocenters. The molecule has 0 bridgehead atoms. The molecule has 1 aromatic carbocycles. The van der Waals surface area contributed by atoms with E-state index < -0.39 is 0 Å². The molecule has 1 saturated heterocycles. The standard InChI is InChI=1S/C14H15NO3/c1-2-18-14(17)12-10-8-15(13(16)11(10)12)9-6-4-3-5-7-9/h3-7,10-12H,2,8H2,1H3/t10-,11-,12-/m0/s1. The molecular formula is C14H15NO3. The zero-order valence-electron chi connectivity index (χ0n) is 10.2. The van der Waals surface area contributed by atoms with E-state index in [9.17, 15) is 9.59 Å². The summed E-state index contributed by atoms with van der Waals surface area (Å²) < 4.78 is 4.98. The number of esters is 1. The number of ether oxygens (including phenoxy) is 1. The molecule has 4 heteroatoms. The molecule has 94 valence electrons. The summed E-state index contributed by atoms with van der Waals surface area (Å²) in [5, 5.41) is 0. The largest absolute Gasteiger partial charge is 0.466 e. The lowest BCUT2D eigenvalue weighted by atomic mass is 10.2. The van der Waals surface area contributed by atoms with Gasteiger partial charge in [-0.3, -0.25) is 9.59 Å². The molecule has 1 heterocycles. The first kappa shape index (κ1) is 11.3. The summed E-state index contributed by atoms with van der Waals surface area (Å²) in [7, 11) is 0. The fourth-order valence-corrected chi connectivity index (χ4v) is 2.82. The van der Waals surface area contributed by atoms with Gasteiger partial charge < -0.3 is 9.64 Å². The second-order valence-electron chi connectivity index (χ2n) is 4.75. The smallest absolute Gasteiger partial charge is 0.310 e. The molecule has 0 aromatic heterocycles. The first-order valence-electron chi connectivity index (χ1n) is 6.27. The van der Waals surface area contributed by atoms with Crippen molar-refractivity contribution in [3.05, 3.63) is 30.3 Å². The highest BCUT2D eigenvalue weighted by Gasteiger charge is 2.65. The average Bonchev–Trinajstić information content (AvgIpc) is 3.01. The quantitative estimate of drug-likeness (QED) is 0.757. The van der Waals surface area contributed by atoms with Gasteiger partial charge in [-0.05, 0) is 19.1 Å². The van der Waals surface area contributed by atoms with Crippen molar-refractivity contribution < 1.29 is 14.3 Å². The van der Waals surface area contributed by atoms with Crippen LogP contribution in [0.25, 0.3) is 0 Å². The highest BCUT2D eigenvalue weighted by molar-refractivity contribution is 6.04. The van der Waals surface area contributed by atoms with Gasteiger partial charge in [-0.15, -0.1) is 0 Å². The Hall–Kier alpha value is -1.84. The zero-order chi connectivity index (χ0) is 12.7. The molecule has 1 aliphatic heterocycles. The molecular weight excluding hydrogens is 230 g/mol. The van der Waals surface area contributed by atoms with Gasteiger partial charge in [0.05, 0.1) is 18.4 Å². The summed E-state index contributed by atoms with van der Waals surface area (Å²) in [5.41, 5.74) is 0.914. The predicted octanol–water partition coefficient (Wildman–Crippen LogP) is 1.46. The first-order chi connectivity index (χ1) is 8.74. The highest BCUT2D eigenvalue weighted by atomic mass is 16.5. The molecule has 1 saturated carbocycles. The maximum atomic E-state index is 12.2. The SMILES string of the molecule is CCOC(=O)[C@H]1[C@H]2CN(c3ccccc3)C(=O)[C@@H]21. The number of piperidine rings is 1. The van der Waals surface area contributed by atoms with E-state index in [2.05, 4.69) is 0 Å². The summed E-state index contributed by atoms with van der Waals surface area (Å²) in [6, 6.07) is 9.58. The van der Waals surface area contributed by atoms with Crippen molar-refractivity contribution in [2.24, 2.45) is 17.8 Å². The summed E-state index contributed by atoms with van der Waals surface area (Å²) in [5.74, 6) is -0.351. The van der Waals surface area contributed by atoms with Crippen LogP contribution in [0.1, 0.15) is 6.92 Å². The van der Waals surface area contributed by atoms with Crippen LogP contribution in [0.15, 0.2) is 30.3 Å². The van der Waals surface area contributed by atoms with E-state index in [1.54, 1.807) is 11.8 Å². The summed E-state index contributed by atoms with van der Waals surface area (Å²) >= 11 is 0. The van der Waals surface area contributed by atoms with Crippen LogP contribution >= 0.6 is 0 Å². The lowest BCUT2D eigenvalue weighted by Gasteiger charge is -2.19. The molecule has 2 fully saturated rings. The summed E-state index contributed by atoms with van der Waals surface area (Å²) in [6.45, 7) is 2.80. The van der Waals surface area contributed by atoms with Gasteiger partial charge in [0.25, 0.3) is 0 Å². The predicted molar refractivity (Wildman–Crippen MR) is 65.9 cm³/mol. The van der Waals surface area contributed by atoms with E-state index in [0.717, 1.165) is 5.69 Å². The summed E-state index contributed by atoms with van der Waals surface area (Å²) in [4.78, 5) is 25.6. The van der Waals surface area contributed by atoms with Crippen molar-refractivity contribution >= 4 is 17.6 Å². The van der Waals surface area contributed by atoms with Crippen molar-refractivity contribution in [3.8, 4) is 0 Å². The number of amides is 1. The van der Waals surface area contributed by atoms with Crippen LogP contribution in [-0.4, -0.2) is 25.0 Å². The number of carbonyl (C=O) groups excluding carboxylic acids is 2. The number of rotatable bonds is 3. The van der Waals surface area contributed by atoms with Gasteiger partial charge >= 0.3 is 5.97 Å². The van der Waals surface area contributed by atoms with E-state index in [-0.39, 0.29) is 29.6 Å². The Morgan fingerprint density at radius 2 is 2.11 bits per heavy atom. The van der Waals surface area contributed by atoms with Crippen LogP contribution < -0.4 is 4.90 Å². The normalized spacial score (nSPS) is 29.1. The average molecular weight is 245 g/mol. The molecule has 0 N–H and O–H groups in total. The number of hydrogen-bond acceptors (Lipinski definition) is 3. The van der Waals surface area contributed by atoms with Crippen molar-refractivity contribution in [2.45, 2.75) is 6.92 Å². The van der Waals surface area contributed by atoms with E-state index in [4.69, 9.17) is 4.74 Å². The Kier molecular flexibility index (Phi) is 2.58. The van der Waals surface area contributed by atoms with E-state index in [1.165, 1.54) is 0 Å². The molecule has 1 aliphatic carbocycles. The van der Waals surface area contributed by atoms with Crippen molar-refractivity contribution in [3.63, 3.8) is 0 Å². The molecule has 3 rings (SSSR count). The monoisotopic (exact) mass is 245 g/mol. The Morgan fingerprint density at radius 3 is 2.67 bits per heavy atom. The van der Waals surface area contributed by atoms with Gasteiger partial charge in [-0.1, -0.05) is 18.2 Å².